The van der Waals surface area contributed by atoms with Gasteiger partial charge in [0.1, 0.15) is 6.04 Å². The summed E-state index contributed by atoms with van der Waals surface area (Å²) in [6, 6.07) is 17.1. The molecule has 0 unspecified atom stereocenters. The van der Waals surface area contributed by atoms with Crippen LogP contribution in [0.5, 0.6) is 0 Å². The summed E-state index contributed by atoms with van der Waals surface area (Å²) < 4.78 is 3.04. The molecule has 4 aromatic rings. The third-order valence-corrected chi connectivity index (χ3v) is 6.03. The van der Waals surface area contributed by atoms with Gasteiger partial charge >= 0.3 is 0 Å². The second-order valence-electron chi connectivity index (χ2n) is 8.20. The second-order valence-corrected chi connectivity index (χ2v) is 8.20. The van der Waals surface area contributed by atoms with Crippen LogP contribution in [-0.2, 0) is 17.8 Å². The van der Waals surface area contributed by atoms with E-state index in [1.54, 1.807) is 4.68 Å². The number of hydrogen-bond donors (Lipinski definition) is 1. The van der Waals surface area contributed by atoms with Crippen LogP contribution in [0.15, 0.2) is 59.4 Å². The second kappa shape index (κ2) is 9.40. The predicted octanol–water partition coefficient (Wildman–Crippen LogP) is 4.03. The molecule has 33 heavy (non-hydrogen) atoms. The smallest absolute Gasteiger partial charge is 0.295 e. The van der Waals surface area contributed by atoms with Gasteiger partial charge in [-0.2, -0.15) is 10.2 Å². The minimum absolute atomic E-state index is 0.232. The van der Waals surface area contributed by atoms with Gasteiger partial charge < -0.3 is 5.32 Å². The number of benzene rings is 2. The van der Waals surface area contributed by atoms with Gasteiger partial charge in [-0.05, 0) is 49.9 Å². The number of carbonyl (C=O) groups is 1. The molecular weight excluding hydrogens is 414 g/mol. The molecule has 0 spiro atoms. The molecule has 1 amide bonds. The Morgan fingerprint density at radius 3 is 2.27 bits per heavy atom. The molecule has 7 nitrogen and oxygen atoms in total. The summed E-state index contributed by atoms with van der Waals surface area (Å²) in [6.07, 6.45) is 1.41. The van der Waals surface area contributed by atoms with E-state index in [4.69, 9.17) is 0 Å². The molecule has 0 bridgehead atoms. The Hall–Kier alpha value is -3.74. The van der Waals surface area contributed by atoms with E-state index < -0.39 is 6.04 Å². The Bertz CT molecular complexity index is 1340. The van der Waals surface area contributed by atoms with Crippen LogP contribution < -0.4 is 10.9 Å². The fourth-order valence-electron chi connectivity index (χ4n) is 4.15. The molecule has 0 fully saturated rings. The number of nitrogens with one attached hydrogen (secondary N) is 1. The highest BCUT2D eigenvalue weighted by atomic mass is 16.2. The maximum atomic E-state index is 13.4. The lowest BCUT2D eigenvalue weighted by atomic mass is 10.1. The van der Waals surface area contributed by atoms with Crippen molar-refractivity contribution in [2.75, 3.05) is 0 Å². The first-order valence-electron chi connectivity index (χ1n) is 11.3. The highest BCUT2D eigenvalue weighted by Crippen LogP contribution is 2.22. The van der Waals surface area contributed by atoms with Gasteiger partial charge in [0, 0.05) is 6.54 Å². The molecule has 2 aromatic carbocycles. The molecule has 1 N–H and O–H groups in total. The molecule has 0 aliphatic carbocycles. The van der Waals surface area contributed by atoms with Crippen LogP contribution >= 0.6 is 0 Å². The molecule has 0 radical (unpaired) electrons. The monoisotopic (exact) mass is 443 g/mol. The standard InChI is InChI=1S/C26H29N5O2/c1-5-19-12-14-20(15-13-19)16-27-25(32)22(6-2)31-26(33)24-23(17(3)28-31)18(4)30(29-24)21-10-8-7-9-11-21/h7-15,22H,5-6,16H2,1-4H3,(H,27,32)/t22-/m0/s1. The fraction of sp³-hybridized carbons (Fsp3) is 0.308. The molecule has 0 saturated heterocycles. The Kier molecular flexibility index (Phi) is 6.40. The van der Waals surface area contributed by atoms with Gasteiger partial charge in [0.05, 0.1) is 22.5 Å². The molecule has 0 saturated carbocycles. The number of fused-ring (bicyclic) bond motifs is 1. The van der Waals surface area contributed by atoms with E-state index in [-0.39, 0.29) is 11.5 Å². The summed E-state index contributed by atoms with van der Waals surface area (Å²) in [5.74, 6) is -0.232. The highest BCUT2D eigenvalue weighted by Gasteiger charge is 2.25. The Labute approximate surface area is 193 Å². The van der Waals surface area contributed by atoms with Crippen LogP contribution in [0, 0.1) is 13.8 Å². The van der Waals surface area contributed by atoms with E-state index in [1.807, 2.05) is 63.2 Å². The van der Waals surface area contributed by atoms with Crippen LogP contribution in [0.25, 0.3) is 16.6 Å². The first-order valence-corrected chi connectivity index (χ1v) is 11.3. The van der Waals surface area contributed by atoms with Gasteiger partial charge in [-0.1, -0.05) is 56.3 Å². The van der Waals surface area contributed by atoms with Gasteiger partial charge in [0.25, 0.3) is 5.56 Å². The van der Waals surface area contributed by atoms with E-state index in [2.05, 4.69) is 34.6 Å². The maximum Gasteiger partial charge on any atom is 0.295 e. The number of nitrogens with zero attached hydrogens (tertiary/aromatic N) is 4. The van der Waals surface area contributed by atoms with E-state index in [0.29, 0.717) is 24.2 Å². The zero-order valence-electron chi connectivity index (χ0n) is 19.5. The van der Waals surface area contributed by atoms with E-state index in [9.17, 15) is 9.59 Å². The molecule has 4 rings (SSSR count). The van der Waals surface area contributed by atoms with Gasteiger partial charge in [-0.25, -0.2) is 9.36 Å². The van der Waals surface area contributed by atoms with Crippen molar-refractivity contribution < 1.29 is 4.79 Å². The Morgan fingerprint density at radius 2 is 1.64 bits per heavy atom. The Balaban J connectivity index is 1.66. The average Bonchev–Trinajstić information content (AvgIpc) is 3.20. The van der Waals surface area contributed by atoms with Crippen LogP contribution in [0.2, 0.25) is 0 Å². The lowest BCUT2D eigenvalue weighted by molar-refractivity contribution is -0.125. The summed E-state index contributed by atoms with van der Waals surface area (Å²) in [5.41, 5.74) is 4.62. The van der Waals surface area contributed by atoms with Crippen LogP contribution in [-0.4, -0.2) is 25.5 Å². The lowest BCUT2D eigenvalue weighted by Crippen LogP contribution is -2.38. The van der Waals surface area contributed by atoms with Crippen molar-refractivity contribution in [3.05, 3.63) is 87.5 Å². The average molecular weight is 444 g/mol. The van der Waals surface area contributed by atoms with E-state index in [0.717, 1.165) is 28.8 Å². The minimum Gasteiger partial charge on any atom is -0.350 e. The molecule has 2 aromatic heterocycles. The van der Waals surface area contributed by atoms with Crippen molar-refractivity contribution in [1.29, 1.82) is 0 Å². The maximum absolute atomic E-state index is 13.4. The summed E-state index contributed by atoms with van der Waals surface area (Å²) in [6.45, 7) is 8.16. The number of aryl methyl sites for hydroxylation is 3. The summed E-state index contributed by atoms with van der Waals surface area (Å²) in [4.78, 5) is 26.4. The molecule has 170 valence electrons. The first-order chi connectivity index (χ1) is 15.9. The molecule has 0 aliphatic rings. The van der Waals surface area contributed by atoms with Gasteiger partial charge in [0.15, 0.2) is 5.52 Å². The molecule has 7 heteroatoms. The molecule has 2 heterocycles. The van der Waals surface area contributed by atoms with E-state index in [1.165, 1.54) is 10.2 Å². The molecule has 1 atom stereocenters. The van der Waals surface area contributed by atoms with Crippen molar-refractivity contribution in [3.63, 3.8) is 0 Å². The molecular formula is C26H29N5O2. The van der Waals surface area contributed by atoms with Crippen LogP contribution in [0.1, 0.15) is 48.8 Å². The van der Waals surface area contributed by atoms with Crippen molar-refractivity contribution in [2.45, 2.75) is 53.1 Å². The zero-order chi connectivity index (χ0) is 23.5. The number of carbonyl (C=O) groups excluding carboxylic acids is 1. The zero-order valence-corrected chi connectivity index (χ0v) is 19.5. The van der Waals surface area contributed by atoms with Crippen molar-refractivity contribution in [1.82, 2.24) is 24.9 Å². The predicted molar refractivity (Wildman–Crippen MR) is 130 cm³/mol. The topological polar surface area (TPSA) is 81.8 Å². The number of rotatable bonds is 7. The van der Waals surface area contributed by atoms with Gasteiger partial charge in [-0.15, -0.1) is 0 Å². The summed E-state index contributed by atoms with van der Waals surface area (Å²) in [7, 11) is 0. The van der Waals surface area contributed by atoms with Crippen LogP contribution in [0.4, 0.5) is 0 Å². The number of aromatic nitrogens is 4. The first kappa shape index (κ1) is 22.5. The van der Waals surface area contributed by atoms with E-state index >= 15 is 0 Å². The minimum atomic E-state index is -0.710. The lowest BCUT2D eigenvalue weighted by Gasteiger charge is -2.17. The quantitative estimate of drug-likeness (QED) is 0.468. The van der Waals surface area contributed by atoms with Crippen LogP contribution in [0.3, 0.4) is 0 Å². The third kappa shape index (κ3) is 4.31. The normalized spacial score (nSPS) is 12.1. The van der Waals surface area contributed by atoms with Gasteiger partial charge in [-0.3, -0.25) is 9.59 Å². The summed E-state index contributed by atoms with van der Waals surface area (Å²) >= 11 is 0. The number of amides is 1. The van der Waals surface area contributed by atoms with Crippen molar-refractivity contribution in [2.24, 2.45) is 0 Å². The third-order valence-electron chi connectivity index (χ3n) is 6.03. The highest BCUT2D eigenvalue weighted by molar-refractivity contribution is 5.84. The van der Waals surface area contributed by atoms with Crippen molar-refractivity contribution >= 4 is 16.8 Å². The Morgan fingerprint density at radius 1 is 0.970 bits per heavy atom. The SMILES string of the molecule is CCc1ccc(CNC(=O)[C@H](CC)n2nc(C)c3c(C)n(-c4ccccc4)nc3c2=O)cc1. The van der Waals surface area contributed by atoms with Crippen molar-refractivity contribution in [3.8, 4) is 5.69 Å². The van der Waals surface area contributed by atoms with Gasteiger partial charge in [0.2, 0.25) is 5.91 Å². The number of para-hydroxylation sites is 1. The number of hydrogen-bond acceptors (Lipinski definition) is 4. The molecule has 0 aliphatic heterocycles. The summed E-state index contributed by atoms with van der Waals surface area (Å²) in [5, 5.41) is 12.8. The largest absolute Gasteiger partial charge is 0.350 e. The fourth-order valence-corrected chi connectivity index (χ4v) is 4.15.